The molecule has 0 radical (unpaired) electrons. The van der Waals surface area contributed by atoms with Crippen molar-refractivity contribution in [1.82, 2.24) is 10.3 Å². The normalized spacial score (nSPS) is 10.8. The van der Waals surface area contributed by atoms with Crippen molar-refractivity contribution in [3.63, 3.8) is 0 Å². The number of benzene rings is 2. The zero-order valence-electron chi connectivity index (χ0n) is 20.2. The molecule has 2 aromatic heterocycles. The number of aliphatic hydroxyl groups excluding tert-OH is 1. The standard InChI is InChI=1S/C13H14ClNO3.C13H12ClNO3/c2*1-8(2)17-12-4-3-9(5-11(12)14)13-6-10(7-16)15-18-13/h3-6,8,16H,7H2,1-2H3;3-8H,1-2H3. The van der Waals surface area contributed by atoms with Crippen LogP contribution in [0.15, 0.2) is 57.6 Å². The second kappa shape index (κ2) is 12.6. The molecular weight excluding hydrogens is 507 g/mol. The minimum absolute atomic E-state index is 0.0558. The molecule has 190 valence electrons. The maximum atomic E-state index is 10.5. The van der Waals surface area contributed by atoms with Crippen LogP contribution in [-0.4, -0.2) is 33.9 Å². The van der Waals surface area contributed by atoms with Gasteiger partial charge in [0.25, 0.3) is 0 Å². The Labute approximate surface area is 218 Å². The number of ether oxygens (including phenoxy) is 2. The summed E-state index contributed by atoms with van der Waals surface area (Å²) in [5, 5.41) is 17.2. The Hall–Kier alpha value is -3.33. The van der Waals surface area contributed by atoms with Crippen molar-refractivity contribution in [2.45, 2.75) is 46.5 Å². The van der Waals surface area contributed by atoms with Gasteiger partial charge in [-0.1, -0.05) is 33.5 Å². The quantitative estimate of drug-likeness (QED) is 0.245. The fourth-order valence-electron chi connectivity index (χ4n) is 3.01. The smallest absolute Gasteiger partial charge is 0.171 e. The number of aldehydes is 1. The molecule has 0 spiro atoms. The summed E-state index contributed by atoms with van der Waals surface area (Å²) in [5.41, 5.74) is 2.28. The molecule has 2 aromatic carbocycles. The van der Waals surface area contributed by atoms with Crippen LogP contribution in [0.1, 0.15) is 43.9 Å². The highest BCUT2D eigenvalue weighted by molar-refractivity contribution is 6.32. The molecule has 0 aliphatic carbocycles. The van der Waals surface area contributed by atoms with Gasteiger partial charge in [-0.15, -0.1) is 0 Å². The van der Waals surface area contributed by atoms with E-state index >= 15 is 0 Å². The van der Waals surface area contributed by atoms with Crippen LogP contribution in [0.5, 0.6) is 11.5 Å². The molecule has 1 N–H and O–H groups in total. The molecule has 0 saturated carbocycles. The summed E-state index contributed by atoms with van der Waals surface area (Å²) in [7, 11) is 0. The van der Waals surface area contributed by atoms with Gasteiger partial charge in [0.2, 0.25) is 0 Å². The third kappa shape index (κ3) is 7.34. The molecule has 8 nitrogen and oxygen atoms in total. The molecule has 0 fully saturated rings. The van der Waals surface area contributed by atoms with Crippen LogP contribution in [0.4, 0.5) is 0 Å². The van der Waals surface area contributed by atoms with Crippen molar-refractivity contribution in [3.05, 3.63) is 70.0 Å². The largest absolute Gasteiger partial charge is 0.489 e. The van der Waals surface area contributed by atoms with E-state index in [1.807, 2.05) is 33.8 Å². The number of aliphatic hydroxyl groups is 1. The molecular formula is C26H26Cl2N2O6. The summed E-state index contributed by atoms with van der Waals surface area (Å²) >= 11 is 12.2. The van der Waals surface area contributed by atoms with E-state index in [1.165, 1.54) is 0 Å². The van der Waals surface area contributed by atoms with Crippen LogP contribution in [0.2, 0.25) is 10.0 Å². The number of aromatic nitrogens is 2. The zero-order valence-corrected chi connectivity index (χ0v) is 21.7. The van der Waals surface area contributed by atoms with E-state index in [-0.39, 0.29) is 24.5 Å². The number of nitrogens with zero attached hydrogens (tertiary/aromatic N) is 2. The third-order valence-electron chi connectivity index (χ3n) is 4.53. The van der Waals surface area contributed by atoms with Crippen molar-refractivity contribution in [1.29, 1.82) is 0 Å². The van der Waals surface area contributed by atoms with Crippen LogP contribution < -0.4 is 9.47 Å². The highest BCUT2D eigenvalue weighted by Crippen LogP contribution is 2.32. The van der Waals surface area contributed by atoms with Crippen molar-refractivity contribution >= 4 is 29.5 Å². The van der Waals surface area contributed by atoms with E-state index in [0.717, 1.165) is 11.1 Å². The lowest BCUT2D eigenvalue weighted by molar-refractivity contribution is 0.111. The van der Waals surface area contributed by atoms with E-state index in [1.54, 1.807) is 42.5 Å². The summed E-state index contributed by atoms with van der Waals surface area (Å²) in [6, 6.07) is 13.9. The Morgan fingerprint density at radius 3 is 1.72 bits per heavy atom. The Morgan fingerprint density at radius 2 is 1.33 bits per heavy atom. The predicted molar refractivity (Wildman–Crippen MR) is 137 cm³/mol. The van der Waals surface area contributed by atoms with Gasteiger partial charge in [-0.3, -0.25) is 4.79 Å². The maximum Gasteiger partial charge on any atom is 0.171 e. The lowest BCUT2D eigenvalue weighted by Crippen LogP contribution is -2.05. The van der Waals surface area contributed by atoms with E-state index in [4.69, 9.17) is 46.8 Å². The maximum absolute atomic E-state index is 10.5. The molecule has 0 amide bonds. The third-order valence-corrected chi connectivity index (χ3v) is 5.12. The van der Waals surface area contributed by atoms with E-state index < -0.39 is 0 Å². The van der Waals surface area contributed by atoms with Gasteiger partial charge in [0.05, 0.1) is 28.9 Å². The first-order chi connectivity index (χ1) is 17.2. The van der Waals surface area contributed by atoms with Gasteiger partial charge >= 0.3 is 0 Å². The molecule has 4 rings (SSSR count). The lowest BCUT2D eigenvalue weighted by Gasteiger charge is -2.11. The number of halogens is 2. The number of hydrogen-bond donors (Lipinski definition) is 1. The number of rotatable bonds is 8. The number of carbonyl (C=O) groups excluding carboxylic acids is 1. The molecule has 0 bridgehead atoms. The second-order valence-electron chi connectivity index (χ2n) is 8.20. The monoisotopic (exact) mass is 532 g/mol. The predicted octanol–water partition coefficient (Wildman–Crippen LogP) is 6.87. The average Bonchev–Trinajstić information content (AvgIpc) is 3.51. The van der Waals surface area contributed by atoms with E-state index in [2.05, 4.69) is 10.3 Å². The fraction of sp³-hybridized carbons (Fsp3) is 0.269. The van der Waals surface area contributed by atoms with E-state index in [9.17, 15) is 4.79 Å². The van der Waals surface area contributed by atoms with Crippen LogP contribution in [0.25, 0.3) is 22.6 Å². The molecule has 0 saturated heterocycles. The van der Waals surface area contributed by atoms with Crippen molar-refractivity contribution in [3.8, 4) is 34.1 Å². The van der Waals surface area contributed by atoms with Crippen molar-refractivity contribution in [2.24, 2.45) is 0 Å². The number of hydrogen-bond acceptors (Lipinski definition) is 8. The second-order valence-corrected chi connectivity index (χ2v) is 9.01. The van der Waals surface area contributed by atoms with Crippen LogP contribution in [0.3, 0.4) is 0 Å². The van der Waals surface area contributed by atoms with E-state index in [0.29, 0.717) is 45.0 Å². The SMILES string of the molecule is CC(C)Oc1ccc(-c2cc(C=O)no2)cc1Cl.CC(C)Oc1ccc(-c2cc(CO)no2)cc1Cl. The fourth-order valence-corrected chi connectivity index (χ4v) is 3.46. The average molecular weight is 533 g/mol. The first-order valence-electron chi connectivity index (χ1n) is 11.1. The van der Waals surface area contributed by atoms with Crippen molar-refractivity contribution < 1.29 is 28.4 Å². The first kappa shape index (κ1) is 27.3. The van der Waals surface area contributed by atoms with Crippen LogP contribution in [-0.2, 0) is 6.61 Å². The summed E-state index contributed by atoms with van der Waals surface area (Å²) in [5.74, 6) is 2.31. The minimum Gasteiger partial charge on any atom is -0.489 e. The Kier molecular flexibility index (Phi) is 9.52. The van der Waals surface area contributed by atoms with Gasteiger partial charge in [-0.05, 0) is 64.1 Å². The number of carbonyl (C=O) groups is 1. The van der Waals surface area contributed by atoms with Gasteiger partial charge in [0, 0.05) is 23.3 Å². The highest BCUT2D eigenvalue weighted by atomic mass is 35.5. The van der Waals surface area contributed by atoms with Gasteiger partial charge in [-0.2, -0.15) is 0 Å². The van der Waals surface area contributed by atoms with Gasteiger partial charge in [0.15, 0.2) is 17.8 Å². The van der Waals surface area contributed by atoms with Crippen molar-refractivity contribution in [2.75, 3.05) is 0 Å². The molecule has 2 heterocycles. The minimum atomic E-state index is -0.147. The molecule has 0 aliphatic heterocycles. The molecule has 0 atom stereocenters. The Morgan fingerprint density at radius 1 is 0.833 bits per heavy atom. The summed E-state index contributed by atoms with van der Waals surface area (Å²) in [6.45, 7) is 7.59. The van der Waals surface area contributed by atoms with Crippen LogP contribution >= 0.6 is 23.2 Å². The topological polar surface area (TPSA) is 108 Å². The molecule has 36 heavy (non-hydrogen) atoms. The summed E-state index contributed by atoms with van der Waals surface area (Å²) < 4.78 is 21.2. The van der Waals surface area contributed by atoms with Gasteiger partial charge in [-0.25, -0.2) is 0 Å². The van der Waals surface area contributed by atoms with Gasteiger partial charge in [0.1, 0.15) is 22.9 Å². The first-order valence-corrected chi connectivity index (χ1v) is 11.9. The molecule has 0 unspecified atom stereocenters. The summed E-state index contributed by atoms with van der Waals surface area (Å²) in [6.07, 6.45) is 0.755. The Balaban J connectivity index is 0.000000201. The summed E-state index contributed by atoms with van der Waals surface area (Å²) in [4.78, 5) is 10.5. The molecule has 4 aromatic rings. The highest BCUT2D eigenvalue weighted by Gasteiger charge is 2.11. The molecule has 10 heteroatoms. The Bertz CT molecular complexity index is 1300. The van der Waals surface area contributed by atoms with Gasteiger partial charge < -0.3 is 23.6 Å². The molecule has 0 aliphatic rings. The van der Waals surface area contributed by atoms with Crippen LogP contribution in [0, 0.1) is 0 Å². The lowest BCUT2D eigenvalue weighted by atomic mass is 10.1. The zero-order chi connectivity index (χ0) is 26.2.